The van der Waals surface area contributed by atoms with Crippen LogP contribution in [0.1, 0.15) is 28.4 Å². The first-order valence-electron chi connectivity index (χ1n) is 4.66. The summed E-state index contributed by atoms with van der Waals surface area (Å²) < 4.78 is 11.7. The number of carbonyl (C=O) groups excluding carboxylic acids is 2. The monoisotopic (exact) mass is 333 g/mol. The average molecular weight is 333 g/mol. The molecule has 0 fully saturated rings. The van der Waals surface area contributed by atoms with Gasteiger partial charge < -0.3 is 0 Å². The number of amides is 2. The van der Waals surface area contributed by atoms with Crippen LogP contribution in [0.2, 0.25) is 0 Å². The summed E-state index contributed by atoms with van der Waals surface area (Å²) >= 11 is -1.43. The minimum Gasteiger partial charge on any atom is -0.293 e. The Kier molecular flexibility index (Phi) is 4.28. The molecule has 16 heavy (non-hydrogen) atoms. The van der Waals surface area contributed by atoms with Crippen molar-refractivity contribution in [3.8, 4) is 0 Å². The van der Waals surface area contributed by atoms with Crippen molar-refractivity contribution in [1.82, 2.24) is 5.32 Å². The van der Waals surface area contributed by atoms with Crippen LogP contribution in [0.3, 0.4) is 0 Å². The number of halogens is 1. The van der Waals surface area contributed by atoms with Crippen LogP contribution in [0.4, 0.5) is 0 Å². The molecule has 0 radical (unpaired) electrons. The maximum atomic E-state index is 11.7. The molecule has 1 aromatic carbocycles. The molecule has 0 aliphatic carbocycles. The van der Waals surface area contributed by atoms with E-state index in [-0.39, 0.29) is 0 Å². The molecular formula is C11H12INO3. The summed E-state index contributed by atoms with van der Waals surface area (Å²) in [6.07, 6.45) is 0. The quantitative estimate of drug-likeness (QED) is 0.843. The minimum atomic E-state index is -1.43. The minimum absolute atomic E-state index is 0.343. The van der Waals surface area contributed by atoms with E-state index in [0.29, 0.717) is 9.13 Å². The summed E-state index contributed by atoms with van der Waals surface area (Å²) in [5.74, 6) is -0.899. The number of aryl methyl sites for hydroxylation is 2. The van der Waals surface area contributed by atoms with Gasteiger partial charge in [-0.05, 0) is 31.0 Å². The van der Waals surface area contributed by atoms with Crippen molar-refractivity contribution in [1.29, 1.82) is 0 Å². The first-order chi connectivity index (χ1) is 7.45. The molecule has 86 valence electrons. The van der Waals surface area contributed by atoms with Crippen LogP contribution in [-0.2, 0) is 7.86 Å². The van der Waals surface area contributed by atoms with Gasteiger partial charge in [0.1, 0.15) is 0 Å². The zero-order valence-corrected chi connectivity index (χ0v) is 11.4. The number of benzene rings is 1. The molecule has 0 bridgehead atoms. The molecule has 1 N–H and O–H groups in total. The Bertz CT molecular complexity index is 469. The molecule has 0 heterocycles. The van der Waals surface area contributed by atoms with Crippen LogP contribution in [0.5, 0.6) is 0 Å². The highest BCUT2D eigenvalue weighted by Gasteiger charge is 2.15. The molecule has 0 saturated heterocycles. The standard InChI is InChI=1S/C11H12INO3/c1-6-4-7(2)10(12-16)9(5-6)11(15)13-8(3)14/h4-5H,1-3H3,(H,13,14,15). The largest absolute Gasteiger partial charge is 0.293 e. The van der Waals surface area contributed by atoms with Gasteiger partial charge in [-0.25, -0.2) is 0 Å². The third-order valence-electron chi connectivity index (χ3n) is 2.01. The second kappa shape index (κ2) is 5.29. The molecule has 0 atom stereocenters. The number of carbonyl (C=O) groups is 2. The van der Waals surface area contributed by atoms with Gasteiger partial charge in [-0.15, -0.1) is 0 Å². The van der Waals surface area contributed by atoms with Gasteiger partial charge in [-0.2, -0.15) is 0 Å². The second-order valence-corrected chi connectivity index (χ2v) is 5.05. The summed E-state index contributed by atoms with van der Waals surface area (Å²) in [6, 6.07) is 3.52. The van der Waals surface area contributed by atoms with Gasteiger partial charge in [-0.1, -0.05) is 6.07 Å². The van der Waals surface area contributed by atoms with Crippen molar-refractivity contribution in [3.63, 3.8) is 0 Å². The average Bonchev–Trinajstić information content (AvgIpc) is 2.15. The first-order valence-corrected chi connectivity index (χ1v) is 6.62. The van der Waals surface area contributed by atoms with E-state index >= 15 is 0 Å². The summed E-state index contributed by atoms with van der Waals surface area (Å²) in [5.41, 5.74) is 2.08. The summed E-state index contributed by atoms with van der Waals surface area (Å²) in [5, 5.41) is 2.19. The molecular weight excluding hydrogens is 321 g/mol. The summed E-state index contributed by atoms with van der Waals surface area (Å²) in [6.45, 7) is 4.93. The predicted molar refractivity (Wildman–Crippen MR) is 67.5 cm³/mol. The maximum Gasteiger partial charge on any atom is 0.259 e. The Hall–Kier alpha value is -1.11. The van der Waals surface area contributed by atoms with E-state index in [4.69, 9.17) is 0 Å². The van der Waals surface area contributed by atoms with Crippen molar-refractivity contribution in [3.05, 3.63) is 32.4 Å². The molecule has 4 nitrogen and oxygen atoms in total. The maximum absolute atomic E-state index is 11.7. The van der Waals surface area contributed by atoms with E-state index in [2.05, 4.69) is 5.32 Å². The zero-order valence-electron chi connectivity index (χ0n) is 9.26. The number of hydrogen-bond donors (Lipinski definition) is 1. The van der Waals surface area contributed by atoms with Crippen molar-refractivity contribution in [2.24, 2.45) is 0 Å². The molecule has 0 aliphatic heterocycles. The van der Waals surface area contributed by atoms with Gasteiger partial charge in [0, 0.05) is 6.92 Å². The normalized spacial score (nSPS) is 9.94. The highest BCUT2D eigenvalue weighted by atomic mass is 127. The SMILES string of the molecule is CC(=O)NC(=O)c1cc(C)cc(C)c1I=O. The van der Waals surface area contributed by atoms with Crippen LogP contribution < -0.4 is 5.32 Å². The fraction of sp³-hybridized carbons (Fsp3) is 0.273. The summed E-state index contributed by atoms with van der Waals surface area (Å²) in [7, 11) is 0. The molecule has 0 aromatic heterocycles. The van der Waals surface area contributed by atoms with E-state index in [9.17, 15) is 12.7 Å². The van der Waals surface area contributed by atoms with Crippen molar-refractivity contribution < 1.29 is 12.7 Å². The molecule has 5 heteroatoms. The van der Waals surface area contributed by atoms with Crippen LogP contribution in [0.15, 0.2) is 12.1 Å². The third-order valence-corrected chi connectivity index (χ3v) is 3.88. The highest BCUT2D eigenvalue weighted by molar-refractivity contribution is 14.1. The molecule has 0 unspecified atom stereocenters. The lowest BCUT2D eigenvalue weighted by atomic mass is 10.1. The van der Waals surface area contributed by atoms with Gasteiger partial charge in [-0.3, -0.25) is 18.0 Å². The Balaban J connectivity index is 3.25. The molecule has 2 amide bonds. The number of imide groups is 1. The Morgan fingerprint density at radius 3 is 2.38 bits per heavy atom. The van der Waals surface area contributed by atoms with Gasteiger partial charge in [0.25, 0.3) is 5.91 Å². The van der Waals surface area contributed by atoms with Crippen LogP contribution in [0, 0.1) is 17.4 Å². The Labute approximate surface area is 104 Å². The van der Waals surface area contributed by atoms with E-state index in [1.165, 1.54) is 6.92 Å². The highest BCUT2D eigenvalue weighted by Crippen LogP contribution is 2.22. The van der Waals surface area contributed by atoms with Crippen molar-refractivity contribution in [2.75, 3.05) is 0 Å². The van der Waals surface area contributed by atoms with Crippen LogP contribution >= 0.6 is 21.2 Å². The lowest BCUT2D eigenvalue weighted by Gasteiger charge is -2.07. The lowest BCUT2D eigenvalue weighted by Crippen LogP contribution is -2.28. The van der Waals surface area contributed by atoms with E-state index in [1.54, 1.807) is 6.07 Å². The molecule has 0 aliphatic rings. The van der Waals surface area contributed by atoms with E-state index in [1.807, 2.05) is 19.9 Å². The van der Waals surface area contributed by atoms with Crippen molar-refractivity contribution in [2.45, 2.75) is 20.8 Å². The number of hydrogen-bond acceptors (Lipinski definition) is 3. The van der Waals surface area contributed by atoms with Gasteiger partial charge in [0.05, 0.1) is 9.13 Å². The van der Waals surface area contributed by atoms with E-state index < -0.39 is 33.0 Å². The first kappa shape index (κ1) is 13.0. The fourth-order valence-electron chi connectivity index (χ4n) is 1.44. The van der Waals surface area contributed by atoms with Crippen molar-refractivity contribution >= 4 is 33.0 Å². The second-order valence-electron chi connectivity index (χ2n) is 3.53. The molecule has 1 aromatic rings. The van der Waals surface area contributed by atoms with Gasteiger partial charge in [0.15, 0.2) is 21.2 Å². The summed E-state index contributed by atoms with van der Waals surface area (Å²) in [4.78, 5) is 22.5. The Morgan fingerprint density at radius 1 is 1.25 bits per heavy atom. The zero-order chi connectivity index (χ0) is 12.3. The number of rotatable bonds is 2. The smallest absolute Gasteiger partial charge is 0.259 e. The van der Waals surface area contributed by atoms with Gasteiger partial charge >= 0.3 is 0 Å². The Morgan fingerprint density at radius 2 is 1.88 bits per heavy atom. The molecule has 0 spiro atoms. The van der Waals surface area contributed by atoms with Gasteiger partial charge in [0.2, 0.25) is 5.91 Å². The predicted octanol–water partition coefficient (Wildman–Crippen LogP) is 2.07. The lowest BCUT2D eigenvalue weighted by molar-refractivity contribution is -0.118. The third kappa shape index (κ3) is 2.94. The molecule has 0 saturated carbocycles. The van der Waals surface area contributed by atoms with Crippen LogP contribution in [0.25, 0.3) is 0 Å². The van der Waals surface area contributed by atoms with E-state index in [0.717, 1.165) is 11.1 Å². The fourth-order valence-corrected chi connectivity index (χ4v) is 2.59. The van der Waals surface area contributed by atoms with Crippen LogP contribution in [-0.4, -0.2) is 11.8 Å². The number of nitrogens with one attached hydrogen (secondary N) is 1. The topological polar surface area (TPSA) is 63.2 Å². The molecule has 1 rings (SSSR count).